The molecule has 9 heteroatoms. The van der Waals surface area contributed by atoms with Gasteiger partial charge in [-0.05, 0) is 29.8 Å². The van der Waals surface area contributed by atoms with Gasteiger partial charge in [0.1, 0.15) is 12.1 Å². The van der Waals surface area contributed by atoms with E-state index in [9.17, 15) is 9.32 Å². The Morgan fingerprint density at radius 1 is 1.11 bits per heavy atom. The fourth-order valence-electron chi connectivity index (χ4n) is 2.66. The maximum atomic E-state index is 12.8. The summed E-state index contributed by atoms with van der Waals surface area (Å²) < 4.78 is 19.4. The smallest absolute Gasteiger partial charge is 0.844 e. The number of hydrogen-bond donors (Lipinski definition) is 0. The summed E-state index contributed by atoms with van der Waals surface area (Å²) in [5.41, 5.74) is 1.83. The third-order valence-electron chi connectivity index (χ3n) is 3.90. The molecule has 0 saturated heterocycles. The Bertz CT molecular complexity index is 1120. The van der Waals surface area contributed by atoms with Crippen molar-refractivity contribution in [3.63, 3.8) is 0 Å². The number of ether oxygens (including phenoxy) is 1. The molecule has 0 amide bonds. The first kappa shape index (κ1) is 19.5. The molecule has 130 valence electrons. The van der Waals surface area contributed by atoms with Crippen molar-refractivity contribution in [2.75, 3.05) is 7.11 Å². The van der Waals surface area contributed by atoms with Crippen LogP contribution in [0.2, 0.25) is 0 Å². The van der Waals surface area contributed by atoms with Gasteiger partial charge in [-0.25, -0.2) is 18.7 Å². The molecule has 4 rings (SSSR count). The molecular formula is C18H13N4NaO3S. The number of aromatic nitrogens is 4. The number of methoxy groups -OCH3 is 1. The summed E-state index contributed by atoms with van der Waals surface area (Å²) in [4.78, 5) is 8.98. The van der Waals surface area contributed by atoms with Crippen molar-refractivity contribution < 1.29 is 43.6 Å². The van der Waals surface area contributed by atoms with Crippen molar-refractivity contribution in [2.24, 2.45) is 0 Å². The monoisotopic (exact) mass is 388 g/mol. The number of nitrogens with zero attached hydrogens (tertiary/aromatic N) is 4. The van der Waals surface area contributed by atoms with Crippen LogP contribution in [0.1, 0.15) is 0 Å². The van der Waals surface area contributed by atoms with E-state index >= 15 is 0 Å². The Kier molecular flexibility index (Phi) is 5.91. The fraction of sp³-hybridized carbons (Fsp3) is 0.0556. The Morgan fingerprint density at radius 2 is 1.89 bits per heavy atom. The summed E-state index contributed by atoms with van der Waals surface area (Å²) in [5.74, 6) is 0.487. The molecule has 4 aromatic rings. The van der Waals surface area contributed by atoms with Crippen LogP contribution in [0.4, 0.5) is 0 Å². The standard InChI is InChI=1S/C18H14N4O3S.Na/c1-25-15-9-12(14-10-21-22-17(14)19-11-20-18(22)23)7-8-16(15)26(24)13-5-3-2-4-6-13;/h2-11H,1H3,(H,19,20,23);/q;+1/p-1. The Morgan fingerprint density at radius 3 is 2.63 bits per heavy atom. The maximum Gasteiger partial charge on any atom is 1.00 e. The summed E-state index contributed by atoms with van der Waals surface area (Å²) in [6.07, 6.45) is 2.76. The van der Waals surface area contributed by atoms with E-state index in [-0.39, 0.29) is 29.6 Å². The predicted molar refractivity (Wildman–Crippen MR) is 93.3 cm³/mol. The van der Waals surface area contributed by atoms with Crippen LogP contribution >= 0.6 is 0 Å². The molecule has 27 heavy (non-hydrogen) atoms. The second-order valence-corrected chi connectivity index (χ2v) is 6.85. The van der Waals surface area contributed by atoms with Gasteiger partial charge in [0.15, 0.2) is 5.65 Å². The van der Waals surface area contributed by atoms with Gasteiger partial charge in [0.2, 0.25) is 0 Å². The van der Waals surface area contributed by atoms with E-state index in [1.54, 1.807) is 30.5 Å². The molecule has 0 radical (unpaired) electrons. The van der Waals surface area contributed by atoms with E-state index < -0.39 is 16.8 Å². The van der Waals surface area contributed by atoms with Gasteiger partial charge < -0.3 is 9.84 Å². The quantitative estimate of drug-likeness (QED) is 0.419. The third kappa shape index (κ3) is 3.61. The molecule has 1 atom stereocenters. The average Bonchev–Trinajstić information content (AvgIpc) is 3.13. The van der Waals surface area contributed by atoms with Crippen LogP contribution in [0.15, 0.2) is 70.8 Å². The molecule has 0 bridgehead atoms. The van der Waals surface area contributed by atoms with Crippen molar-refractivity contribution in [2.45, 2.75) is 9.79 Å². The van der Waals surface area contributed by atoms with E-state index in [0.29, 0.717) is 26.8 Å². The molecule has 2 heterocycles. The third-order valence-corrected chi connectivity index (χ3v) is 5.34. The van der Waals surface area contributed by atoms with Gasteiger partial charge in [0.25, 0.3) is 0 Å². The van der Waals surface area contributed by atoms with Crippen LogP contribution < -0.4 is 39.4 Å². The summed E-state index contributed by atoms with van der Waals surface area (Å²) in [5, 5.41) is 15.8. The number of hydrogen-bond acceptors (Lipinski definition) is 6. The van der Waals surface area contributed by atoms with Gasteiger partial charge in [0.05, 0.1) is 35.0 Å². The van der Waals surface area contributed by atoms with Crippen LogP contribution in [0, 0.1) is 0 Å². The zero-order valence-corrected chi connectivity index (χ0v) is 17.5. The van der Waals surface area contributed by atoms with Crippen molar-refractivity contribution in [3.8, 4) is 22.9 Å². The number of fused-ring (bicyclic) bond motifs is 1. The minimum Gasteiger partial charge on any atom is -0.844 e. The minimum atomic E-state index is -1.37. The topological polar surface area (TPSA) is 92.4 Å². The molecule has 1 unspecified atom stereocenters. The fourth-order valence-corrected chi connectivity index (χ4v) is 3.83. The molecule has 0 aliphatic rings. The predicted octanol–water partition coefficient (Wildman–Crippen LogP) is -0.956. The van der Waals surface area contributed by atoms with Crippen LogP contribution in [0.5, 0.6) is 11.8 Å². The molecule has 0 saturated carbocycles. The van der Waals surface area contributed by atoms with Gasteiger partial charge >= 0.3 is 29.6 Å². The van der Waals surface area contributed by atoms with E-state index in [2.05, 4.69) is 15.1 Å². The van der Waals surface area contributed by atoms with Crippen LogP contribution in [0.3, 0.4) is 0 Å². The van der Waals surface area contributed by atoms with E-state index in [4.69, 9.17) is 4.74 Å². The summed E-state index contributed by atoms with van der Waals surface area (Å²) in [6.45, 7) is 0. The maximum absolute atomic E-state index is 12.8. The Balaban J connectivity index is 0.00000210. The summed E-state index contributed by atoms with van der Waals surface area (Å²) >= 11 is 0. The summed E-state index contributed by atoms with van der Waals surface area (Å²) in [6, 6.07) is 14.0. The molecule has 2 aromatic carbocycles. The minimum absolute atomic E-state index is 0. The van der Waals surface area contributed by atoms with Crippen LogP contribution in [-0.2, 0) is 10.8 Å². The molecular weight excluding hydrogens is 375 g/mol. The van der Waals surface area contributed by atoms with Crippen molar-refractivity contribution >= 4 is 16.4 Å². The average molecular weight is 388 g/mol. The van der Waals surface area contributed by atoms with E-state index in [1.807, 2.05) is 24.3 Å². The van der Waals surface area contributed by atoms with Gasteiger partial charge in [-0.1, -0.05) is 24.3 Å². The first-order valence-electron chi connectivity index (χ1n) is 7.70. The Labute approximate surface area is 179 Å². The SMILES string of the molecule is COc1cc(-c2cnn3c([O-])ncnc23)ccc1S(=O)c1ccccc1.[Na+]. The molecule has 0 N–H and O–H groups in total. The van der Waals surface area contributed by atoms with Crippen LogP contribution in [0.25, 0.3) is 16.8 Å². The van der Waals surface area contributed by atoms with E-state index in [1.165, 1.54) is 13.4 Å². The van der Waals surface area contributed by atoms with Gasteiger partial charge in [-0.15, -0.1) is 0 Å². The van der Waals surface area contributed by atoms with Crippen LogP contribution in [-0.4, -0.2) is 30.9 Å². The zero-order chi connectivity index (χ0) is 18.1. The molecule has 0 fully saturated rings. The first-order valence-corrected chi connectivity index (χ1v) is 8.85. The second-order valence-electron chi connectivity index (χ2n) is 5.40. The number of benzene rings is 2. The largest absolute Gasteiger partial charge is 1.00 e. The van der Waals surface area contributed by atoms with Gasteiger partial charge in [-0.2, -0.15) is 5.10 Å². The molecule has 0 spiro atoms. The molecule has 0 aliphatic heterocycles. The number of rotatable bonds is 4. The van der Waals surface area contributed by atoms with Gasteiger partial charge in [-0.3, -0.25) is 0 Å². The zero-order valence-electron chi connectivity index (χ0n) is 14.7. The first-order chi connectivity index (χ1) is 12.7. The molecule has 7 nitrogen and oxygen atoms in total. The van der Waals surface area contributed by atoms with Crippen molar-refractivity contribution in [1.82, 2.24) is 19.6 Å². The van der Waals surface area contributed by atoms with Crippen molar-refractivity contribution in [1.29, 1.82) is 0 Å². The normalized spacial score (nSPS) is 11.7. The molecule has 2 aromatic heterocycles. The second kappa shape index (κ2) is 8.18. The van der Waals surface area contributed by atoms with E-state index in [0.717, 1.165) is 10.1 Å². The summed E-state index contributed by atoms with van der Waals surface area (Å²) in [7, 11) is 0.161. The molecule has 0 aliphatic carbocycles. The van der Waals surface area contributed by atoms with Gasteiger partial charge in [0, 0.05) is 10.5 Å². The Hall–Kier alpha value is -2.26. The van der Waals surface area contributed by atoms with Crippen molar-refractivity contribution in [3.05, 3.63) is 61.1 Å².